The minimum Gasteiger partial charge on any atom is -0.349 e. The number of rotatable bonds is 4. The lowest BCUT2D eigenvalue weighted by molar-refractivity contribution is -0.126. The maximum Gasteiger partial charge on any atom is 0.227 e. The van der Waals surface area contributed by atoms with Crippen molar-refractivity contribution in [1.29, 1.82) is 0 Å². The Balaban J connectivity index is 1.67. The third-order valence-electron chi connectivity index (χ3n) is 4.62. The van der Waals surface area contributed by atoms with Gasteiger partial charge in [-0.05, 0) is 37.1 Å². The molecule has 1 N–H and O–H groups in total. The van der Waals surface area contributed by atoms with E-state index in [-0.39, 0.29) is 30.2 Å². The van der Waals surface area contributed by atoms with Crippen molar-refractivity contribution in [3.8, 4) is 0 Å². The van der Waals surface area contributed by atoms with Crippen LogP contribution in [0.15, 0.2) is 48.5 Å². The van der Waals surface area contributed by atoms with E-state index in [9.17, 15) is 9.59 Å². The van der Waals surface area contributed by atoms with Crippen molar-refractivity contribution in [1.82, 2.24) is 5.32 Å². The van der Waals surface area contributed by atoms with Crippen molar-refractivity contribution in [3.63, 3.8) is 0 Å². The van der Waals surface area contributed by atoms with Crippen LogP contribution in [0.5, 0.6) is 0 Å². The highest BCUT2D eigenvalue weighted by molar-refractivity contribution is 6.31. The van der Waals surface area contributed by atoms with Crippen molar-refractivity contribution in [2.75, 3.05) is 11.4 Å². The third kappa shape index (κ3) is 3.85. The number of nitrogens with one attached hydrogen (secondary N) is 1. The van der Waals surface area contributed by atoms with Gasteiger partial charge in [0.2, 0.25) is 11.8 Å². The summed E-state index contributed by atoms with van der Waals surface area (Å²) < 4.78 is 0. The molecule has 1 heterocycles. The maximum absolute atomic E-state index is 12.6. The Kier molecular flexibility index (Phi) is 5.09. The first-order valence-electron chi connectivity index (χ1n) is 8.37. The van der Waals surface area contributed by atoms with Crippen LogP contribution in [0.2, 0.25) is 5.02 Å². The summed E-state index contributed by atoms with van der Waals surface area (Å²) in [6, 6.07) is 15.2. The number of nitrogens with zero attached hydrogens (tertiary/aromatic N) is 1. The van der Waals surface area contributed by atoms with Crippen molar-refractivity contribution >= 4 is 29.1 Å². The average Bonchev–Trinajstić information content (AvgIpc) is 3.00. The highest BCUT2D eigenvalue weighted by Crippen LogP contribution is 2.29. The standard InChI is InChI=1S/C20H21ClN2O2/c1-13-8-9-17(11-18(13)21)23-12-16(10-19(23)24)20(25)22-14(2)15-6-4-3-5-7-15/h3-9,11,14,16H,10,12H2,1-2H3,(H,22,25)/t14-,16-/m0/s1. The fourth-order valence-electron chi connectivity index (χ4n) is 3.04. The molecule has 1 aliphatic heterocycles. The van der Waals surface area contributed by atoms with Gasteiger partial charge in [0.15, 0.2) is 0 Å². The van der Waals surface area contributed by atoms with Crippen LogP contribution in [0.25, 0.3) is 0 Å². The molecule has 5 heteroatoms. The first-order valence-corrected chi connectivity index (χ1v) is 8.75. The number of hydrogen-bond acceptors (Lipinski definition) is 2. The second-order valence-corrected chi connectivity index (χ2v) is 6.89. The van der Waals surface area contributed by atoms with Crippen molar-refractivity contribution < 1.29 is 9.59 Å². The molecule has 130 valence electrons. The van der Waals surface area contributed by atoms with Gasteiger partial charge in [-0.15, -0.1) is 0 Å². The van der Waals surface area contributed by atoms with Crippen LogP contribution in [-0.2, 0) is 9.59 Å². The quantitative estimate of drug-likeness (QED) is 0.903. The molecule has 2 aromatic carbocycles. The number of halogens is 1. The van der Waals surface area contributed by atoms with Gasteiger partial charge in [0.1, 0.15) is 0 Å². The van der Waals surface area contributed by atoms with E-state index in [4.69, 9.17) is 11.6 Å². The third-order valence-corrected chi connectivity index (χ3v) is 5.03. The lowest BCUT2D eigenvalue weighted by Crippen LogP contribution is -2.34. The van der Waals surface area contributed by atoms with Gasteiger partial charge in [-0.1, -0.05) is 48.0 Å². The second-order valence-electron chi connectivity index (χ2n) is 6.48. The Morgan fingerprint density at radius 3 is 2.64 bits per heavy atom. The summed E-state index contributed by atoms with van der Waals surface area (Å²) in [4.78, 5) is 26.5. The SMILES string of the molecule is Cc1ccc(N2C[C@@H](C(=O)N[C@@H](C)c3ccccc3)CC2=O)cc1Cl. The number of amides is 2. The Morgan fingerprint density at radius 2 is 1.96 bits per heavy atom. The molecule has 0 saturated carbocycles. The summed E-state index contributed by atoms with van der Waals surface area (Å²) in [7, 11) is 0. The van der Waals surface area contributed by atoms with Crippen LogP contribution in [0, 0.1) is 12.8 Å². The molecule has 0 aromatic heterocycles. The van der Waals surface area contributed by atoms with E-state index >= 15 is 0 Å². The van der Waals surface area contributed by atoms with Gasteiger partial charge in [0.25, 0.3) is 0 Å². The van der Waals surface area contributed by atoms with E-state index in [0.717, 1.165) is 16.8 Å². The summed E-state index contributed by atoms with van der Waals surface area (Å²) in [6.45, 7) is 4.24. The molecule has 0 spiro atoms. The second kappa shape index (κ2) is 7.28. The predicted octanol–water partition coefficient (Wildman–Crippen LogP) is 3.88. The Morgan fingerprint density at radius 1 is 1.24 bits per heavy atom. The van der Waals surface area contributed by atoms with Gasteiger partial charge in [0.05, 0.1) is 12.0 Å². The van der Waals surface area contributed by atoms with E-state index < -0.39 is 0 Å². The number of hydrogen-bond donors (Lipinski definition) is 1. The summed E-state index contributed by atoms with van der Waals surface area (Å²) in [5, 5.41) is 3.63. The molecule has 1 saturated heterocycles. The largest absolute Gasteiger partial charge is 0.349 e. The zero-order valence-corrected chi connectivity index (χ0v) is 15.1. The first kappa shape index (κ1) is 17.5. The van der Waals surface area contributed by atoms with Gasteiger partial charge in [-0.2, -0.15) is 0 Å². The van der Waals surface area contributed by atoms with Crippen LogP contribution in [0.4, 0.5) is 5.69 Å². The molecule has 0 bridgehead atoms. The van der Waals surface area contributed by atoms with Crippen LogP contribution in [-0.4, -0.2) is 18.4 Å². The highest BCUT2D eigenvalue weighted by Gasteiger charge is 2.35. The molecule has 25 heavy (non-hydrogen) atoms. The average molecular weight is 357 g/mol. The molecule has 1 aliphatic rings. The van der Waals surface area contributed by atoms with Crippen molar-refractivity contribution in [2.24, 2.45) is 5.92 Å². The van der Waals surface area contributed by atoms with E-state index in [1.807, 2.05) is 56.3 Å². The first-order chi connectivity index (χ1) is 12.0. The molecule has 2 amide bonds. The molecule has 3 rings (SSSR count). The van der Waals surface area contributed by atoms with Crippen LogP contribution in [0.3, 0.4) is 0 Å². The Hall–Kier alpha value is -2.33. The van der Waals surface area contributed by atoms with E-state index in [1.54, 1.807) is 11.0 Å². The molecule has 2 aromatic rings. The fourth-order valence-corrected chi connectivity index (χ4v) is 3.21. The molecule has 0 aliphatic carbocycles. The van der Waals surface area contributed by atoms with Crippen molar-refractivity contribution in [2.45, 2.75) is 26.3 Å². The normalized spacial score (nSPS) is 18.3. The topological polar surface area (TPSA) is 49.4 Å². The van der Waals surface area contributed by atoms with Gasteiger partial charge >= 0.3 is 0 Å². The monoisotopic (exact) mass is 356 g/mol. The zero-order valence-electron chi connectivity index (χ0n) is 14.3. The molecule has 2 atom stereocenters. The predicted molar refractivity (Wildman–Crippen MR) is 99.6 cm³/mol. The minimum absolute atomic E-state index is 0.0487. The number of aryl methyl sites for hydroxylation is 1. The number of anilines is 1. The summed E-state index contributed by atoms with van der Waals surface area (Å²) in [5.74, 6) is -0.489. The van der Waals surface area contributed by atoms with E-state index in [0.29, 0.717) is 11.6 Å². The lowest BCUT2D eigenvalue weighted by Gasteiger charge is -2.19. The zero-order chi connectivity index (χ0) is 18.0. The fraction of sp³-hybridized carbons (Fsp3) is 0.300. The molecule has 0 radical (unpaired) electrons. The van der Waals surface area contributed by atoms with Gasteiger partial charge < -0.3 is 10.2 Å². The van der Waals surface area contributed by atoms with E-state index in [2.05, 4.69) is 5.32 Å². The minimum atomic E-state index is -0.348. The number of benzene rings is 2. The highest BCUT2D eigenvalue weighted by atomic mass is 35.5. The summed E-state index contributed by atoms with van der Waals surface area (Å²) in [5.41, 5.74) is 2.75. The summed E-state index contributed by atoms with van der Waals surface area (Å²) in [6.07, 6.45) is 0.221. The van der Waals surface area contributed by atoms with Crippen molar-refractivity contribution in [3.05, 3.63) is 64.7 Å². The lowest BCUT2D eigenvalue weighted by atomic mass is 10.1. The van der Waals surface area contributed by atoms with Crippen LogP contribution < -0.4 is 10.2 Å². The molecular formula is C20H21ClN2O2. The van der Waals surface area contributed by atoms with Crippen LogP contribution in [0.1, 0.15) is 30.5 Å². The number of carbonyl (C=O) groups excluding carboxylic acids is 2. The summed E-state index contributed by atoms with van der Waals surface area (Å²) >= 11 is 6.16. The smallest absolute Gasteiger partial charge is 0.227 e. The molecule has 1 fully saturated rings. The van der Waals surface area contributed by atoms with Crippen LogP contribution >= 0.6 is 11.6 Å². The Bertz CT molecular complexity index is 792. The number of carbonyl (C=O) groups is 2. The van der Waals surface area contributed by atoms with Gasteiger partial charge in [-0.25, -0.2) is 0 Å². The molecular weight excluding hydrogens is 336 g/mol. The molecule has 4 nitrogen and oxygen atoms in total. The van der Waals surface area contributed by atoms with E-state index in [1.165, 1.54) is 0 Å². The van der Waals surface area contributed by atoms with Gasteiger partial charge in [0, 0.05) is 23.7 Å². The Labute approximate surface area is 152 Å². The molecule has 0 unspecified atom stereocenters. The van der Waals surface area contributed by atoms with Gasteiger partial charge in [-0.3, -0.25) is 9.59 Å². The maximum atomic E-state index is 12.6.